The lowest BCUT2D eigenvalue weighted by Gasteiger charge is -2.06. The molecule has 0 aromatic heterocycles. The van der Waals surface area contributed by atoms with Crippen LogP contribution in [0.2, 0.25) is 0 Å². The molecule has 4 nitrogen and oxygen atoms in total. The average molecular weight is 276 g/mol. The third kappa shape index (κ3) is 4.16. The quantitative estimate of drug-likeness (QED) is 0.394. The van der Waals surface area contributed by atoms with Gasteiger partial charge >= 0.3 is 6.18 Å². The zero-order chi connectivity index (χ0) is 14.6. The maximum atomic E-state index is 12.6. The first-order valence-electron chi connectivity index (χ1n) is 4.90. The maximum Gasteiger partial charge on any atom is 0.451 e. The molecule has 1 aromatic carbocycles. The number of allylic oxidation sites excluding steroid dienone is 2. The third-order valence-corrected chi connectivity index (χ3v) is 1.92. The monoisotopic (exact) mass is 276 g/mol. The molecular formula is C11H8F4N2O2. The van der Waals surface area contributed by atoms with Gasteiger partial charge in [-0.2, -0.15) is 18.3 Å². The van der Waals surface area contributed by atoms with Gasteiger partial charge in [-0.25, -0.2) is 4.39 Å². The number of carbonyl (C=O) groups is 1. The molecule has 0 saturated heterocycles. The second-order valence-corrected chi connectivity index (χ2v) is 3.43. The van der Waals surface area contributed by atoms with Gasteiger partial charge in [-0.3, -0.25) is 4.79 Å². The average Bonchev–Trinajstić information content (AvgIpc) is 2.30. The van der Waals surface area contributed by atoms with Crippen molar-refractivity contribution < 1.29 is 27.5 Å². The number of carbonyl (C=O) groups excluding carboxylic acids is 1. The minimum absolute atomic E-state index is 0.0372. The molecule has 0 atom stereocenters. The fraction of sp³-hybridized carbons (Fsp3) is 0.182. The highest BCUT2D eigenvalue weighted by Crippen LogP contribution is 2.27. The van der Waals surface area contributed by atoms with Crippen molar-refractivity contribution in [2.75, 3.05) is 0 Å². The summed E-state index contributed by atoms with van der Waals surface area (Å²) in [5.74, 6) is -3.77. The summed E-state index contributed by atoms with van der Waals surface area (Å²) < 4.78 is 49.3. The Kier molecular flexibility index (Phi) is 4.36. The number of aliphatic hydroxyl groups excluding tert-OH is 1. The molecule has 1 aromatic rings. The van der Waals surface area contributed by atoms with E-state index in [-0.39, 0.29) is 5.69 Å². The third-order valence-electron chi connectivity index (χ3n) is 1.92. The van der Waals surface area contributed by atoms with Crippen molar-refractivity contribution in [3.05, 3.63) is 41.5 Å². The zero-order valence-corrected chi connectivity index (χ0v) is 9.57. The van der Waals surface area contributed by atoms with Crippen molar-refractivity contribution in [2.24, 2.45) is 10.2 Å². The highest BCUT2D eigenvalue weighted by molar-refractivity contribution is 5.93. The number of halogens is 4. The molecule has 102 valence electrons. The fourth-order valence-electron chi connectivity index (χ4n) is 1.03. The van der Waals surface area contributed by atoms with E-state index in [0.717, 1.165) is 31.2 Å². The molecule has 0 saturated carbocycles. The first-order valence-corrected chi connectivity index (χ1v) is 4.90. The van der Waals surface area contributed by atoms with Gasteiger partial charge in [-0.15, -0.1) is 5.11 Å². The first kappa shape index (κ1) is 14.8. The van der Waals surface area contributed by atoms with Crippen LogP contribution in [0.5, 0.6) is 0 Å². The predicted molar refractivity (Wildman–Crippen MR) is 57.3 cm³/mol. The first-order chi connectivity index (χ1) is 8.71. The van der Waals surface area contributed by atoms with Crippen molar-refractivity contribution >= 4 is 11.5 Å². The molecule has 1 rings (SSSR count). The van der Waals surface area contributed by atoms with Gasteiger partial charge in [-0.05, 0) is 24.3 Å². The largest absolute Gasteiger partial charge is 0.503 e. The summed E-state index contributed by atoms with van der Waals surface area (Å²) in [5, 5.41) is 15.2. The van der Waals surface area contributed by atoms with Crippen LogP contribution in [0.3, 0.4) is 0 Å². The highest BCUT2D eigenvalue weighted by atomic mass is 19.4. The number of hydrogen-bond donors (Lipinski definition) is 1. The van der Waals surface area contributed by atoms with Gasteiger partial charge < -0.3 is 5.11 Å². The number of benzene rings is 1. The minimum atomic E-state index is -5.09. The van der Waals surface area contributed by atoms with Gasteiger partial charge in [-0.1, -0.05) is 0 Å². The predicted octanol–water partition coefficient (Wildman–Crippen LogP) is 3.83. The second-order valence-electron chi connectivity index (χ2n) is 3.43. The summed E-state index contributed by atoms with van der Waals surface area (Å²) in [7, 11) is 0. The van der Waals surface area contributed by atoms with Crippen molar-refractivity contribution in [3.8, 4) is 0 Å². The van der Waals surface area contributed by atoms with Crippen LogP contribution in [0, 0.1) is 5.82 Å². The number of nitrogens with zero attached hydrogens (tertiary/aromatic N) is 2. The second kappa shape index (κ2) is 5.59. The molecule has 0 radical (unpaired) electrons. The molecule has 0 aliphatic rings. The molecule has 0 aliphatic heterocycles. The maximum absolute atomic E-state index is 12.6. The van der Waals surface area contributed by atoms with E-state index in [0.29, 0.717) is 0 Å². The van der Waals surface area contributed by atoms with Crippen molar-refractivity contribution in [1.29, 1.82) is 0 Å². The topological polar surface area (TPSA) is 62.0 Å². The van der Waals surface area contributed by atoms with E-state index in [1.165, 1.54) is 0 Å². The summed E-state index contributed by atoms with van der Waals surface area (Å²) in [6.45, 7) is 0.807. The summed E-state index contributed by atoms with van der Waals surface area (Å²) in [6.07, 6.45) is -5.09. The van der Waals surface area contributed by atoms with E-state index in [1.807, 2.05) is 0 Å². The van der Waals surface area contributed by atoms with Crippen molar-refractivity contribution in [1.82, 2.24) is 0 Å². The minimum Gasteiger partial charge on any atom is -0.503 e. The number of rotatable bonds is 3. The smallest absolute Gasteiger partial charge is 0.451 e. The summed E-state index contributed by atoms with van der Waals surface area (Å²) >= 11 is 0. The molecule has 0 unspecified atom stereocenters. The molecule has 8 heteroatoms. The molecule has 0 bridgehead atoms. The number of hydrogen-bond acceptors (Lipinski definition) is 4. The van der Waals surface area contributed by atoms with E-state index in [1.54, 1.807) is 0 Å². The standard InChI is InChI=1S/C11H8F4N2O2/c1-6(18)9(10(19)11(13,14)15)17-16-8-4-2-7(12)3-5-8/h2-5,19H,1H3/b10-9-,17-16?. The lowest BCUT2D eigenvalue weighted by Crippen LogP contribution is -2.16. The Morgan fingerprint density at radius 2 is 1.74 bits per heavy atom. The molecule has 0 fully saturated rings. The Bertz CT molecular complexity index is 533. The zero-order valence-electron chi connectivity index (χ0n) is 9.57. The lowest BCUT2D eigenvalue weighted by atomic mass is 10.3. The molecular weight excluding hydrogens is 268 g/mol. The van der Waals surface area contributed by atoms with E-state index in [2.05, 4.69) is 10.2 Å². The molecule has 0 amide bonds. The normalized spacial score (nSPS) is 13.5. The van der Waals surface area contributed by atoms with Crippen molar-refractivity contribution in [3.63, 3.8) is 0 Å². The van der Waals surface area contributed by atoms with Crippen LogP contribution < -0.4 is 0 Å². The Labute approximate surface area is 105 Å². The fourth-order valence-corrected chi connectivity index (χ4v) is 1.03. The van der Waals surface area contributed by atoms with Gasteiger partial charge in [0.25, 0.3) is 0 Å². The van der Waals surface area contributed by atoms with Gasteiger partial charge in [0.05, 0.1) is 5.69 Å². The van der Waals surface area contributed by atoms with Crippen LogP contribution in [0.1, 0.15) is 6.92 Å². The summed E-state index contributed by atoms with van der Waals surface area (Å²) in [4.78, 5) is 11.0. The van der Waals surface area contributed by atoms with Gasteiger partial charge in [0.2, 0.25) is 5.76 Å². The number of Topliss-reactive ketones (excluding diaryl/α,β-unsaturated/α-hetero) is 1. The summed E-state index contributed by atoms with van der Waals surface area (Å²) in [6, 6.07) is 4.35. The van der Waals surface area contributed by atoms with Crippen molar-refractivity contribution in [2.45, 2.75) is 13.1 Å². The SMILES string of the molecule is CC(=O)/C(N=Nc1ccc(F)cc1)=C(/O)C(F)(F)F. The number of aliphatic hydroxyl groups is 1. The number of alkyl halides is 3. The number of ketones is 1. The molecule has 0 heterocycles. The van der Waals surface area contributed by atoms with Crippen LogP contribution >= 0.6 is 0 Å². The Morgan fingerprint density at radius 3 is 2.16 bits per heavy atom. The van der Waals surface area contributed by atoms with Gasteiger partial charge in [0.1, 0.15) is 5.82 Å². The lowest BCUT2D eigenvalue weighted by molar-refractivity contribution is -0.126. The summed E-state index contributed by atoms with van der Waals surface area (Å²) in [5.41, 5.74) is -1.17. The van der Waals surface area contributed by atoms with Gasteiger partial charge in [0, 0.05) is 6.92 Å². The highest BCUT2D eigenvalue weighted by Gasteiger charge is 2.38. The number of azo groups is 1. The Morgan fingerprint density at radius 1 is 1.21 bits per heavy atom. The van der Waals surface area contributed by atoms with E-state index in [9.17, 15) is 22.4 Å². The Balaban J connectivity index is 3.11. The van der Waals surface area contributed by atoms with Crippen LogP contribution in [0.25, 0.3) is 0 Å². The van der Waals surface area contributed by atoms with E-state index < -0.39 is 29.2 Å². The van der Waals surface area contributed by atoms with Crippen LogP contribution in [-0.2, 0) is 4.79 Å². The molecule has 0 aliphatic carbocycles. The van der Waals surface area contributed by atoms with E-state index in [4.69, 9.17) is 5.11 Å². The Hall–Kier alpha value is -2.25. The molecule has 1 N–H and O–H groups in total. The molecule has 0 spiro atoms. The van der Waals surface area contributed by atoms with E-state index >= 15 is 0 Å². The molecule has 19 heavy (non-hydrogen) atoms. The van der Waals surface area contributed by atoms with Crippen LogP contribution in [-0.4, -0.2) is 17.1 Å². The van der Waals surface area contributed by atoms with Crippen LogP contribution in [0.15, 0.2) is 46.0 Å². The van der Waals surface area contributed by atoms with Gasteiger partial charge in [0.15, 0.2) is 11.5 Å². The van der Waals surface area contributed by atoms with Crippen LogP contribution in [0.4, 0.5) is 23.2 Å².